The molecule has 2 aromatic carbocycles. The van der Waals surface area contributed by atoms with Gasteiger partial charge in [-0.1, -0.05) is 52.3 Å². The summed E-state index contributed by atoms with van der Waals surface area (Å²) in [5, 5.41) is 0.976. The highest BCUT2D eigenvalue weighted by Gasteiger charge is 2.03. The number of hydrogen-bond donors (Lipinski definition) is 0. The van der Waals surface area contributed by atoms with E-state index in [0.29, 0.717) is 6.61 Å². The van der Waals surface area contributed by atoms with Gasteiger partial charge in [-0.2, -0.15) is 0 Å². The maximum Gasteiger partial charge on any atom is 0.161 e. The molecule has 0 amide bonds. The molecule has 0 aliphatic heterocycles. The van der Waals surface area contributed by atoms with E-state index >= 15 is 0 Å². The molecule has 0 saturated heterocycles. The number of para-hydroxylation sites is 2. The average molecular weight is 321 g/mol. The van der Waals surface area contributed by atoms with Crippen molar-refractivity contribution in [2.75, 3.05) is 12.4 Å². The van der Waals surface area contributed by atoms with Crippen molar-refractivity contribution >= 4 is 15.9 Å². The van der Waals surface area contributed by atoms with E-state index < -0.39 is 0 Å². The van der Waals surface area contributed by atoms with Crippen LogP contribution in [0.25, 0.3) is 0 Å². The number of benzene rings is 2. The van der Waals surface area contributed by atoms with Crippen molar-refractivity contribution in [3.63, 3.8) is 0 Å². The summed E-state index contributed by atoms with van der Waals surface area (Å²) in [4.78, 5) is 0. The van der Waals surface area contributed by atoms with E-state index in [9.17, 15) is 0 Å². The number of ether oxygens (including phenoxy) is 2. The van der Waals surface area contributed by atoms with Crippen molar-refractivity contribution in [2.45, 2.75) is 13.0 Å². The Kier molecular flexibility index (Phi) is 5.28. The number of rotatable bonds is 6. The maximum absolute atomic E-state index is 5.81. The lowest BCUT2D eigenvalue weighted by Crippen LogP contribution is -1.98. The normalized spacial score (nSPS) is 10.2. The van der Waals surface area contributed by atoms with Crippen LogP contribution in [0.5, 0.6) is 11.5 Å². The Morgan fingerprint density at radius 3 is 2.42 bits per heavy atom. The number of halogens is 1. The highest BCUT2D eigenvalue weighted by atomic mass is 79.9. The first kappa shape index (κ1) is 13.9. The number of aryl methyl sites for hydroxylation is 1. The maximum atomic E-state index is 5.81. The van der Waals surface area contributed by atoms with Gasteiger partial charge < -0.3 is 9.47 Å². The molecule has 0 unspecified atom stereocenters. The molecule has 0 N–H and O–H groups in total. The van der Waals surface area contributed by atoms with Crippen LogP contribution in [0.4, 0.5) is 0 Å². The first-order chi connectivity index (χ1) is 9.33. The highest BCUT2D eigenvalue weighted by molar-refractivity contribution is 9.09. The van der Waals surface area contributed by atoms with Crippen LogP contribution >= 0.6 is 15.9 Å². The minimum atomic E-state index is 0.552. The molecule has 0 atom stereocenters. The molecule has 0 spiro atoms. The van der Waals surface area contributed by atoms with E-state index in [1.54, 1.807) is 7.11 Å². The topological polar surface area (TPSA) is 18.5 Å². The van der Waals surface area contributed by atoms with Gasteiger partial charge in [-0.05, 0) is 29.7 Å². The second kappa shape index (κ2) is 7.19. The van der Waals surface area contributed by atoms with Crippen LogP contribution < -0.4 is 9.47 Å². The SMILES string of the molecule is COc1ccccc1OCc1cccc(CCBr)c1. The van der Waals surface area contributed by atoms with E-state index in [4.69, 9.17) is 9.47 Å². The van der Waals surface area contributed by atoms with Gasteiger partial charge >= 0.3 is 0 Å². The zero-order chi connectivity index (χ0) is 13.5. The first-order valence-electron chi connectivity index (χ1n) is 6.23. The Morgan fingerprint density at radius 2 is 1.68 bits per heavy atom. The van der Waals surface area contributed by atoms with E-state index in [2.05, 4.69) is 40.2 Å². The van der Waals surface area contributed by atoms with Crippen molar-refractivity contribution in [1.29, 1.82) is 0 Å². The van der Waals surface area contributed by atoms with E-state index in [1.165, 1.54) is 11.1 Å². The van der Waals surface area contributed by atoms with Crippen LogP contribution in [0, 0.1) is 0 Å². The van der Waals surface area contributed by atoms with E-state index in [-0.39, 0.29) is 0 Å². The van der Waals surface area contributed by atoms with Crippen molar-refractivity contribution < 1.29 is 9.47 Å². The minimum Gasteiger partial charge on any atom is -0.493 e. The summed E-state index contributed by atoms with van der Waals surface area (Å²) in [7, 11) is 1.65. The third-order valence-corrected chi connectivity index (χ3v) is 3.23. The van der Waals surface area contributed by atoms with Gasteiger partial charge in [0.2, 0.25) is 0 Å². The number of methoxy groups -OCH3 is 1. The number of hydrogen-bond acceptors (Lipinski definition) is 2. The molecule has 0 bridgehead atoms. The summed E-state index contributed by atoms with van der Waals surface area (Å²) in [6, 6.07) is 16.1. The molecule has 2 nitrogen and oxygen atoms in total. The van der Waals surface area contributed by atoms with Crippen molar-refractivity contribution in [3.8, 4) is 11.5 Å². The lowest BCUT2D eigenvalue weighted by atomic mass is 10.1. The highest BCUT2D eigenvalue weighted by Crippen LogP contribution is 2.26. The average Bonchev–Trinajstić information content (AvgIpc) is 2.46. The summed E-state index contributed by atoms with van der Waals surface area (Å²) < 4.78 is 11.1. The van der Waals surface area contributed by atoms with Crippen molar-refractivity contribution in [3.05, 3.63) is 59.7 Å². The summed E-state index contributed by atoms with van der Waals surface area (Å²) in [6.07, 6.45) is 1.03. The van der Waals surface area contributed by atoms with Crippen LogP contribution in [0.2, 0.25) is 0 Å². The molecule has 0 fully saturated rings. The minimum absolute atomic E-state index is 0.552. The summed E-state index contributed by atoms with van der Waals surface area (Å²) in [6.45, 7) is 0.552. The molecule has 0 aliphatic carbocycles. The van der Waals surface area contributed by atoms with Crippen LogP contribution in [-0.2, 0) is 13.0 Å². The van der Waals surface area contributed by atoms with Gasteiger partial charge in [0, 0.05) is 5.33 Å². The van der Waals surface area contributed by atoms with Gasteiger partial charge in [-0.15, -0.1) is 0 Å². The third-order valence-electron chi connectivity index (χ3n) is 2.84. The lowest BCUT2D eigenvalue weighted by Gasteiger charge is -2.10. The van der Waals surface area contributed by atoms with Gasteiger partial charge in [0.15, 0.2) is 11.5 Å². The molecular weight excluding hydrogens is 304 g/mol. The van der Waals surface area contributed by atoms with Crippen LogP contribution in [0.1, 0.15) is 11.1 Å². The lowest BCUT2D eigenvalue weighted by molar-refractivity contribution is 0.284. The summed E-state index contributed by atoms with van der Waals surface area (Å²) in [5.41, 5.74) is 2.49. The Labute approximate surface area is 122 Å². The van der Waals surface area contributed by atoms with Gasteiger partial charge in [0.25, 0.3) is 0 Å². The molecule has 2 aromatic rings. The molecule has 0 radical (unpaired) electrons. The second-order valence-electron chi connectivity index (χ2n) is 4.20. The van der Waals surface area contributed by atoms with Crippen molar-refractivity contribution in [2.24, 2.45) is 0 Å². The monoisotopic (exact) mass is 320 g/mol. The summed E-state index contributed by atoms with van der Waals surface area (Å²) >= 11 is 3.46. The Balaban J connectivity index is 2.03. The van der Waals surface area contributed by atoms with E-state index in [0.717, 1.165) is 23.2 Å². The molecule has 0 aromatic heterocycles. The van der Waals surface area contributed by atoms with Gasteiger partial charge in [0.05, 0.1) is 7.11 Å². The molecule has 100 valence electrons. The molecular formula is C16H17BrO2. The van der Waals surface area contributed by atoms with Gasteiger partial charge in [0.1, 0.15) is 6.61 Å². The second-order valence-corrected chi connectivity index (χ2v) is 4.99. The molecule has 19 heavy (non-hydrogen) atoms. The van der Waals surface area contributed by atoms with Crippen molar-refractivity contribution in [1.82, 2.24) is 0 Å². The predicted octanol–water partition coefficient (Wildman–Crippen LogP) is 4.21. The fourth-order valence-electron chi connectivity index (χ4n) is 1.88. The van der Waals surface area contributed by atoms with Crippen LogP contribution in [-0.4, -0.2) is 12.4 Å². The quantitative estimate of drug-likeness (QED) is 0.742. The predicted molar refractivity (Wildman–Crippen MR) is 81.3 cm³/mol. The Bertz CT molecular complexity index is 526. The largest absolute Gasteiger partial charge is 0.493 e. The van der Waals surface area contributed by atoms with Crippen LogP contribution in [0.15, 0.2) is 48.5 Å². The molecule has 0 saturated carbocycles. The molecule has 3 heteroatoms. The van der Waals surface area contributed by atoms with Crippen LogP contribution in [0.3, 0.4) is 0 Å². The van der Waals surface area contributed by atoms with E-state index in [1.807, 2.05) is 24.3 Å². The Morgan fingerprint density at radius 1 is 0.947 bits per heavy atom. The smallest absolute Gasteiger partial charge is 0.161 e. The number of alkyl halides is 1. The summed E-state index contributed by atoms with van der Waals surface area (Å²) in [5.74, 6) is 1.54. The standard InChI is InChI=1S/C16H17BrO2/c1-18-15-7-2-3-8-16(15)19-12-14-6-4-5-13(11-14)9-10-17/h2-8,11H,9-10,12H2,1H3. The fourth-order valence-corrected chi connectivity index (χ4v) is 2.34. The molecule has 2 rings (SSSR count). The van der Waals surface area contributed by atoms with Gasteiger partial charge in [-0.3, -0.25) is 0 Å². The third kappa shape index (κ3) is 4.00. The molecule has 0 heterocycles. The zero-order valence-electron chi connectivity index (χ0n) is 10.9. The Hall–Kier alpha value is -1.48. The first-order valence-corrected chi connectivity index (χ1v) is 7.35. The zero-order valence-corrected chi connectivity index (χ0v) is 12.5. The fraction of sp³-hybridized carbons (Fsp3) is 0.250. The van der Waals surface area contributed by atoms with Gasteiger partial charge in [-0.25, -0.2) is 0 Å². The molecule has 0 aliphatic rings.